The zero-order valence-corrected chi connectivity index (χ0v) is 25.5. The van der Waals surface area contributed by atoms with E-state index in [9.17, 15) is 9.59 Å². The molecule has 0 saturated heterocycles. The molecule has 3 aromatic heterocycles. The Morgan fingerprint density at radius 1 is 1.09 bits per heavy atom. The lowest BCUT2D eigenvalue weighted by Crippen LogP contribution is -2.42. The molecule has 13 heteroatoms. The van der Waals surface area contributed by atoms with Crippen molar-refractivity contribution in [1.29, 1.82) is 0 Å². The van der Waals surface area contributed by atoms with Gasteiger partial charge in [0.05, 0.1) is 23.6 Å². The molecule has 1 unspecified atom stereocenters. The second-order valence-corrected chi connectivity index (χ2v) is 12.6. The molecule has 1 atom stereocenters. The fourth-order valence-electron chi connectivity index (χ4n) is 4.64. The summed E-state index contributed by atoms with van der Waals surface area (Å²) in [7, 11) is 1.84. The summed E-state index contributed by atoms with van der Waals surface area (Å²) in [6, 6.07) is 7.23. The minimum Gasteiger partial charge on any atom is -0.444 e. The number of ether oxygens (including phenoxy) is 1. The summed E-state index contributed by atoms with van der Waals surface area (Å²) < 4.78 is 12.7. The summed E-state index contributed by atoms with van der Waals surface area (Å²) in [4.78, 5) is 41.4. The highest BCUT2D eigenvalue weighted by Gasteiger charge is 2.32. The van der Waals surface area contributed by atoms with Gasteiger partial charge in [0.2, 0.25) is 11.8 Å². The fourth-order valence-corrected chi connectivity index (χ4v) is 4.64. The molecule has 0 spiro atoms. The zero-order chi connectivity index (χ0) is 30.9. The molecule has 13 nitrogen and oxygen atoms in total. The lowest BCUT2D eigenvalue weighted by Gasteiger charge is -2.28. The quantitative estimate of drug-likeness (QED) is 0.340. The molecule has 0 fully saturated rings. The van der Waals surface area contributed by atoms with Gasteiger partial charge in [-0.15, -0.1) is 0 Å². The predicted molar refractivity (Wildman–Crippen MR) is 159 cm³/mol. The second-order valence-electron chi connectivity index (χ2n) is 12.6. The van der Waals surface area contributed by atoms with E-state index in [0.717, 1.165) is 28.1 Å². The largest absolute Gasteiger partial charge is 0.444 e. The van der Waals surface area contributed by atoms with Crippen molar-refractivity contribution >= 4 is 23.6 Å². The maximum Gasteiger partial charge on any atom is 0.410 e. The van der Waals surface area contributed by atoms with Crippen molar-refractivity contribution in [2.75, 3.05) is 18.4 Å². The average molecular weight is 588 g/mol. The Morgan fingerprint density at radius 2 is 1.88 bits per heavy atom. The van der Waals surface area contributed by atoms with Crippen molar-refractivity contribution in [3.63, 3.8) is 0 Å². The van der Waals surface area contributed by atoms with Gasteiger partial charge in [-0.2, -0.15) is 10.1 Å². The first-order valence-corrected chi connectivity index (χ1v) is 14.1. The number of anilines is 2. The molecule has 2 N–H and O–H groups in total. The number of aryl methyl sites for hydroxylation is 1. The topological polar surface area (TPSA) is 153 Å². The van der Waals surface area contributed by atoms with E-state index in [4.69, 9.17) is 14.2 Å². The van der Waals surface area contributed by atoms with Gasteiger partial charge in [0.15, 0.2) is 0 Å². The Bertz CT molecular complexity index is 1630. The Labute approximate surface area is 250 Å². The van der Waals surface area contributed by atoms with Crippen LogP contribution in [0.2, 0.25) is 0 Å². The van der Waals surface area contributed by atoms with Gasteiger partial charge in [-0.05, 0) is 50.5 Å². The van der Waals surface area contributed by atoms with Gasteiger partial charge < -0.3 is 24.8 Å². The highest BCUT2D eigenvalue weighted by atomic mass is 16.6. The number of fused-ring (bicyclic) bond motifs is 1. The normalized spacial score (nSPS) is 15.4. The van der Waals surface area contributed by atoms with Gasteiger partial charge >= 0.3 is 6.09 Å². The first-order valence-electron chi connectivity index (χ1n) is 14.1. The minimum absolute atomic E-state index is 0.0641. The fraction of sp³-hybridized carbons (Fsp3) is 0.433. The van der Waals surface area contributed by atoms with Crippen molar-refractivity contribution in [1.82, 2.24) is 40.1 Å². The number of rotatable bonds is 5. The molecule has 1 aliphatic rings. The molecule has 0 radical (unpaired) electrons. The van der Waals surface area contributed by atoms with Gasteiger partial charge in [0.1, 0.15) is 5.60 Å². The molecule has 1 aromatic carbocycles. The van der Waals surface area contributed by atoms with Crippen LogP contribution in [0.15, 0.2) is 47.4 Å². The number of hydrogen-bond acceptors (Lipinski definition) is 10. The van der Waals surface area contributed by atoms with Crippen LogP contribution in [0.4, 0.5) is 16.4 Å². The predicted octanol–water partition coefficient (Wildman–Crippen LogP) is 4.57. The Hall–Kier alpha value is -4.81. The van der Waals surface area contributed by atoms with Crippen LogP contribution in [-0.2, 0) is 23.6 Å². The first-order chi connectivity index (χ1) is 20.2. The summed E-state index contributed by atoms with van der Waals surface area (Å²) >= 11 is 0. The van der Waals surface area contributed by atoms with Gasteiger partial charge in [-0.1, -0.05) is 38.1 Å². The maximum absolute atomic E-state index is 13.3. The number of nitrogens with one attached hydrogen (secondary N) is 2. The van der Waals surface area contributed by atoms with Crippen LogP contribution >= 0.6 is 0 Å². The van der Waals surface area contributed by atoms with Crippen LogP contribution in [0.25, 0.3) is 11.3 Å². The van der Waals surface area contributed by atoms with E-state index < -0.39 is 29.1 Å². The summed E-state index contributed by atoms with van der Waals surface area (Å²) in [5.74, 6) is 0.246. The van der Waals surface area contributed by atoms with E-state index >= 15 is 0 Å². The lowest BCUT2D eigenvalue weighted by atomic mass is 9.96. The first kappa shape index (κ1) is 29.7. The maximum atomic E-state index is 13.3. The van der Waals surface area contributed by atoms with Crippen molar-refractivity contribution in [2.45, 2.75) is 65.0 Å². The van der Waals surface area contributed by atoms with E-state index in [0.29, 0.717) is 24.8 Å². The third-order valence-corrected chi connectivity index (χ3v) is 6.71. The number of benzene rings is 1. The number of nitrogens with zero attached hydrogens (tertiary/aromatic N) is 7. The van der Waals surface area contributed by atoms with E-state index in [2.05, 4.69) is 30.9 Å². The van der Waals surface area contributed by atoms with E-state index in [1.807, 2.05) is 79.1 Å². The SMILES string of the molecule is Cn1cc(Nc2nccc(-c3ccc4c(c3)CCN(C(=O)OC(C)(C)C)CC4NC(=O)c3noc(C(C)(C)C)n3)n2)cn1. The molecule has 1 aliphatic heterocycles. The molecular weight excluding hydrogens is 550 g/mol. The van der Waals surface area contributed by atoms with Gasteiger partial charge in [-0.25, -0.2) is 14.8 Å². The Morgan fingerprint density at radius 3 is 2.56 bits per heavy atom. The molecule has 2 amide bonds. The Kier molecular flexibility index (Phi) is 7.91. The van der Waals surface area contributed by atoms with E-state index in [1.54, 1.807) is 22.0 Å². The third-order valence-electron chi connectivity index (χ3n) is 6.71. The number of aromatic nitrogens is 6. The monoisotopic (exact) mass is 587 g/mol. The minimum atomic E-state index is -0.662. The lowest BCUT2D eigenvalue weighted by molar-refractivity contribution is 0.0238. The van der Waals surface area contributed by atoms with Crippen LogP contribution in [0.1, 0.15) is 75.2 Å². The standard InChI is InChI=1S/C30H37N9O4/c1-29(2,3)26-36-24(37-43-26)25(40)34-23-17-39(28(41)42-30(4,5)6)13-11-18-14-19(8-9-21(18)23)22-10-12-31-27(35-22)33-20-15-32-38(7)16-20/h8-10,12,14-16,23H,11,13,17H2,1-7H3,(H,34,40)(H,31,33,35). The van der Waals surface area contributed by atoms with E-state index in [-0.39, 0.29) is 12.4 Å². The van der Waals surface area contributed by atoms with Gasteiger partial charge in [-0.3, -0.25) is 9.48 Å². The highest BCUT2D eigenvalue weighted by Crippen LogP contribution is 2.30. The van der Waals surface area contributed by atoms with Crippen LogP contribution in [0, 0.1) is 0 Å². The van der Waals surface area contributed by atoms with Crippen molar-refractivity contribution < 1.29 is 18.8 Å². The molecule has 226 valence electrons. The molecule has 43 heavy (non-hydrogen) atoms. The summed E-state index contributed by atoms with van der Waals surface area (Å²) in [5.41, 5.74) is 3.16. The van der Waals surface area contributed by atoms with Crippen LogP contribution < -0.4 is 10.6 Å². The molecular formula is C30H37N9O4. The van der Waals surface area contributed by atoms with Crippen molar-refractivity contribution in [3.8, 4) is 11.3 Å². The summed E-state index contributed by atoms with van der Waals surface area (Å²) in [6.45, 7) is 11.9. The molecule has 4 aromatic rings. The third kappa shape index (κ3) is 7.16. The summed E-state index contributed by atoms with van der Waals surface area (Å²) in [6.07, 6.45) is 5.33. The van der Waals surface area contributed by atoms with Crippen LogP contribution in [0.3, 0.4) is 0 Å². The molecule has 4 heterocycles. The second kappa shape index (κ2) is 11.5. The van der Waals surface area contributed by atoms with Gasteiger partial charge in [0.25, 0.3) is 11.7 Å². The number of amides is 2. The van der Waals surface area contributed by atoms with Gasteiger partial charge in [0, 0.05) is 43.5 Å². The van der Waals surface area contributed by atoms with E-state index in [1.165, 1.54) is 0 Å². The zero-order valence-electron chi connectivity index (χ0n) is 25.5. The molecule has 0 bridgehead atoms. The molecule has 5 rings (SSSR count). The number of hydrogen-bond donors (Lipinski definition) is 2. The van der Waals surface area contributed by atoms with Crippen molar-refractivity contribution in [3.05, 3.63) is 65.7 Å². The smallest absolute Gasteiger partial charge is 0.410 e. The number of carbonyl (C=O) groups is 2. The molecule has 0 saturated carbocycles. The van der Waals surface area contributed by atoms with Crippen molar-refractivity contribution in [2.24, 2.45) is 7.05 Å². The number of carbonyl (C=O) groups excluding carboxylic acids is 2. The average Bonchev–Trinajstić information content (AvgIpc) is 3.55. The van der Waals surface area contributed by atoms with Crippen LogP contribution in [-0.4, -0.2) is 65.5 Å². The summed E-state index contributed by atoms with van der Waals surface area (Å²) in [5, 5.41) is 14.3. The van der Waals surface area contributed by atoms with Crippen LogP contribution in [0.5, 0.6) is 0 Å². The molecule has 0 aliphatic carbocycles. The Balaban J connectivity index is 1.44. The highest BCUT2D eigenvalue weighted by molar-refractivity contribution is 5.90.